The standard InChI is InChI=1S/C17H16BrNO3/c1-11-3-6-14(9-16(11)18)19-17(21)10-22-15-7-4-13(5-8-15)12(2)20/h3-9H,10H2,1-2H3,(H,19,21). The lowest BCUT2D eigenvalue weighted by molar-refractivity contribution is -0.118. The van der Waals surface area contributed by atoms with Gasteiger partial charge >= 0.3 is 0 Å². The molecular formula is C17H16BrNO3. The average molecular weight is 362 g/mol. The minimum Gasteiger partial charge on any atom is -0.484 e. The number of anilines is 1. The quantitative estimate of drug-likeness (QED) is 0.819. The number of hydrogen-bond donors (Lipinski definition) is 1. The van der Waals surface area contributed by atoms with E-state index in [0.29, 0.717) is 17.0 Å². The highest BCUT2D eigenvalue weighted by Crippen LogP contribution is 2.20. The first kappa shape index (κ1) is 16.2. The minimum absolute atomic E-state index is 0.00533. The fourth-order valence-electron chi connectivity index (χ4n) is 1.80. The molecule has 5 heteroatoms. The number of carbonyl (C=O) groups is 2. The summed E-state index contributed by atoms with van der Waals surface area (Å²) in [5.74, 6) is 0.297. The number of ketones is 1. The molecule has 0 bridgehead atoms. The minimum atomic E-state index is -0.244. The van der Waals surface area contributed by atoms with E-state index in [-0.39, 0.29) is 18.3 Å². The van der Waals surface area contributed by atoms with Gasteiger partial charge in [-0.15, -0.1) is 0 Å². The third kappa shape index (κ3) is 4.43. The number of benzene rings is 2. The van der Waals surface area contributed by atoms with Crippen LogP contribution in [0.5, 0.6) is 5.75 Å². The third-order valence-corrected chi connectivity index (χ3v) is 3.94. The normalized spacial score (nSPS) is 10.1. The zero-order valence-corrected chi connectivity index (χ0v) is 13.9. The molecule has 0 atom stereocenters. The number of Topliss-reactive ketones (excluding diaryl/α,β-unsaturated/α-hetero) is 1. The third-order valence-electron chi connectivity index (χ3n) is 3.09. The summed E-state index contributed by atoms with van der Waals surface area (Å²) < 4.78 is 6.33. The molecule has 0 aliphatic rings. The van der Waals surface area contributed by atoms with Crippen LogP contribution in [-0.2, 0) is 4.79 Å². The van der Waals surface area contributed by atoms with Gasteiger partial charge in [0, 0.05) is 15.7 Å². The molecule has 0 fully saturated rings. The van der Waals surface area contributed by atoms with Crippen molar-refractivity contribution < 1.29 is 14.3 Å². The fourth-order valence-corrected chi connectivity index (χ4v) is 2.18. The van der Waals surface area contributed by atoms with Crippen LogP contribution in [0.2, 0.25) is 0 Å². The number of carbonyl (C=O) groups excluding carboxylic acids is 2. The Labute approximate surface area is 137 Å². The molecule has 2 aromatic rings. The van der Waals surface area contributed by atoms with E-state index in [1.54, 1.807) is 24.3 Å². The lowest BCUT2D eigenvalue weighted by atomic mass is 10.1. The number of amides is 1. The Morgan fingerprint density at radius 1 is 1.14 bits per heavy atom. The van der Waals surface area contributed by atoms with Crippen LogP contribution in [0.25, 0.3) is 0 Å². The maximum Gasteiger partial charge on any atom is 0.262 e. The van der Waals surface area contributed by atoms with E-state index in [1.165, 1.54) is 6.92 Å². The second-order valence-corrected chi connectivity index (χ2v) is 5.74. The molecule has 0 aromatic heterocycles. The maximum atomic E-state index is 11.9. The van der Waals surface area contributed by atoms with Gasteiger partial charge < -0.3 is 10.1 Å². The van der Waals surface area contributed by atoms with Crippen molar-refractivity contribution in [2.45, 2.75) is 13.8 Å². The maximum absolute atomic E-state index is 11.9. The van der Waals surface area contributed by atoms with E-state index in [2.05, 4.69) is 21.2 Å². The number of halogens is 1. The molecule has 4 nitrogen and oxygen atoms in total. The van der Waals surface area contributed by atoms with E-state index in [4.69, 9.17) is 4.74 Å². The summed E-state index contributed by atoms with van der Waals surface area (Å²) in [6.07, 6.45) is 0. The van der Waals surface area contributed by atoms with E-state index < -0.39 is 0 Å². The number of rotatable bonds is 5. The van der Waals surface area contributed by atoms with Crippen LogP contribution < -0.4 is 10.1 Å². The molecule has 114 valence electrons. The molecule has 2 rings (SSSR count). The summed E-state index contributed by atoms with van der Waals surface area (Å²) in [6.45, 7) is 3.39. The zero-order chi connectivity index (χ0) is 16.1. The smallest absolute Gasteiger partial charge is 0.262 e. The second-order valence-electron chi connectivity index (χ2n) is 4.88. The summed E-state index contributed by atoms with van der Waals surface area (Å²) >= 11 is 3.42. The topological polar surface area (TPSA) is 55.4 Å². The highest BCUT2D eigenvalue weighted by molar-refractivity contribution is 9.10. The monoisotopic (exact) mass is 361 g/mol. The largest absolute Gasteiger partial charge is 0.484 e. The Hall–Kier alpha value is -2.14. The lowest BCUT2D eigenvalue weighted by Gasteiger charge is -2.09. The van der Waals surface area contributed by atoms with E-state index >= 15 is 0 Å². The van der Waals surface area contributed by atoms with Crippen molar-refractivity contribution in [1.82, 2.24) is 0 Å². The number of hydrogen-bond acceptors (Lipinski definition) is 3. The van der Waals surface area contributed by atoms with E-state index in [9.17, 15) is 9.59 Å². The molecule has 0 saturated heterocycles. The molecule has 22 heavy (non-hydrogen) atoms. The first-order chi connectivity index (χ1) is 10.5. The Kier molecular flexibility index (Phi) is 5.33. The molecule has 2 aromatic carbocycles. The molecule has 0 heterocycles. The SMILES string of the molecule is CC(=O)c1ccc(OCC(=O)Nc2ccc(C)c(Br)c2)cc1. The summed E-state index contributed by atoms with van der Waals surface area (Å²) in [5, 5.41) is 2.76. The lowest BCUT2D eigenvalue weighted by Crippen LogP contribution is -2.20. The molecule has 0 radical (unpaired) electrons. The molecular weight excluding hydrogens is 346 g/mol. The Balaban J connectivity index is 1.89. The number of nitrogens with one attached hydrogen (secondary N) is 1. The summed E-state index contributed by atoms with van der Waals surface area (Å²) in [7, 11) is 0. The summed E-state index contributed by atoms with van der Waals surface area (Å²) in [5.41, 5.74) is 2.42. The number of aryl methyl sites for hydroxylation is 1. The van der Waals surface area contributed by atoms with Crippen LogP contribution in [0.4, 0.5) is 5.69 Å². The zero-order valence-electron chi connectivity index (χ0n) is 12.4. The van der Waals surface area contributed by atoms with Crippen molar-refractivity contribution in [1.29, 1.82) is 0 Å². The average Bonchev–Trinajstić information content (AvgIpc) is 2.49. The van der Waals surface area contributed by atoms with Gasteiger partial charge in [-0.2, -0.15) is 0 Å². The molecule has 0 saturated carbocycles. The van der Waals surface area contributed by atoms with Gasteiger partial charge in [-0.05, 0) is 55.8 Å². The molecule has 1 amide bonds. The van der Waals surface area contributed by atoms with Gasteiger partial charge in [-0.3, -0.25) is 9.59 Å². The van der Waals surface area contributed by atoms with Crippen molar-refractivity contribution in [3.05, 3.63) is 58.1 Å². The Morgan fingerprint density at radius 2 is 1.82 bits per heavy atom. The van der Waals surface area contributed by atoms with Crippen LogP contribution in [0.1, 0.15) is 22.8 Å². The van der Waals surface area contributed by atoms with Crippen molar-refractivity contribution in [2.24, 2.45) is 0 Å². The van der Waals surface area contributed by atoms with Crippen LogP contribution in [-0.4, -0.2) is 18.3 Å². The second kappa shape index (κ2) is 7.22. The highest BCUT2D eigenvalue weighted by Gasteiger charge is 2.06. The van der Waals surface area contributed by atoms with Gasteiger partial charge in [-0.1, -0.05) is 22.0 Å². The molecule has 1 N–H and O–H groups in total. The van der Waals surface area contributed by atoms with Gasteiger partial charge in [0.1, 0.15) is 5.75 Å². The summed E-state index contributed by atoms with van der Waals surface area (Å²) in [4.78, 5) is 23.0. The van der Waals surface area contributed by atoms with Crippen LogP contribution in [0, 0.1) is 6.92 Å². The Bertz CT molecular complexity index is 696. The van der Waals surface area contributed by atoms with Gasteiger partial charge in [0.15, 0.2) is 12.4 Å². The van der Waals surface area contributed by atoms with Gasteiger partial charge in [0.05, 0.1) is 0 Å². The van der Waals surface area contributed by atoms with Gasteiger partial charge in [0.2, 0.25) is 0 Å². The predicted molar refractivity (Wildman–Crippen MR) is 89.5 cm³/mol. The van der Waals surface area contributed by atoms with E-state index in [0.717, 1.165) is 10.0 Å². The molecule has 0 unspecified atom stereocenters. The van der Waals surface area contributed by atoms with Crippen LogP contribution >= 0.6 is 15.9 Å². The first-order valence-corrected chi connectivity index (χ1v) is 7.55. The van der Waals surface area contributed by atoms with Crippen LogP contribution in [0.15, 0.2) is 46.9 Å². The van der Waals surface area contributed by atoms with Crippen molar-refractivity contribution in [3.63, 3.8) is 0 Å². The van der Waals surface area contributed by atoms with Gasteiger partial charge in [0.25, 0.3) is 5.91 Å². The van der Waals surface area contributed by atoms with Gasteiger partial charge in [-0.25, -0.2) is 0 Å². The van der Waals surface area contributed by atoms with Crippen molar-refractivity contribution in [2.75, 3.05) is 11.9 Å². The van der Waals surface area contributed by atoms with Crippen molar-refractivity contribution in [3.8, 4) is 5.75 Å². The summed E-state index contributed by atoms with van der Waals surface area (Å²) in [6, 6.07) is 12.3. The van der Waals surface area contributed by atoms with Crippen molar-refractivity contribution >= 4 is 33.3 Å². The highest BCUT2D eigenvalue weighted by atomic mass is 79.9. The molecule has 0 spiro atoms. The molecule has 0 aliphatic heterocycles. The molecule has 0 aliphatic carbocycles. The number of ether oxygens (including phenoxy) is 1. The van der Waals surface area contributed by atoms with E-state index in [1.807, 2.05) is 25.1 Å². The first-order valence-electron chi connectivity index (χ1n) is 6.75. The predicted octanol–water partition coefficient (Wildman–Crippen LogP) is 3.98. The fraction of sp³-hybridized carbons (Fsp3) is 0.176. The Morgan fingerprint density at radius 3 is 2.41 bits per heavy atom. The van der Waals surface area contributed by atoms with Crippen LogP contribution in [0.3, 0.4) is 0 Å².